The van der Waals surface area contributed by atoms with Gasteiger partial charge < -0.3 is 0 Å². The van der Waals surface area contributed by atoms with E-state index in [1.807, 2.05) is 73.7 Å². The summed E-state index contributed by atoms with van der Waals surface area (Å²) in [5.41, 5.74) is 3.50. The fraction of sp³-hybridized carbons (Fsp3) is 0.105. The minimum absolute atomic E-state index is 0.708. The van der Waals surface area contributed by atoms with Crippen LogP contribution >= 0.6 is 0 Å². The first-order valence-electron chi connectivity index (χ1n) is 7.35. The van der Waals surface area contributed by atoms with Crippen molar-refractivity contribution in [2.45, 2.75) is 11.8 Å². The second-order valence-electron chi connectivity index (χ2n) is 5.44. The maximum Gasteiger partial charge on any atom is 0.0830 e. The molecule has 0 radical (unpaired) electrons. The highest BCUT2D eigenvalue weighted by Gasteiger charge is 2.10. The van der Waals surface area contributed by atoms with Gasteiger partial charge in [0, 0.05) is 22.9 Å². The third-order valence-electron chi connectivity index (χ3n) is 3.55. The van der Waals surface area contributed by atoms with Crippen LogP contribution in [0.5, 0.6) is 0 Å². The summed E-state index contributed by atoms with van der Waals surface area (Å²) in [6.07, 6.45) is 3.42. The van der Waals surface area contributed by atoms with Crippen molar-refractivity contribution in [1.29, 1.82) is 0 Å². The van der Waals surface area contributed by atoms with E-state index in [0.717, 1.165) is 21.7 Å². The Bertz CT molecular complexity index is 928. The average Bonchev–Trinajstić information content (AvgIpc) is 2.56. The molecule has 0 amide bonds. The van der Waals surface area contributed by atoms with Crippen LogP contribution in [0.1, 0.15) is 5.56 Å². The lowest BCUT2D eigenvalue weighted by molar-refractivity contribution is 0.681. The molecule has 2 aromatic carbocycles. The second kappa shape index (κ2) is 6.34. The summed E-state index contributed by atoms with van der Waals surface area (Å²) in [7, 11) is -2.51. The zero-order valence-corrected chi connectivity index (χ0v) is 14.0. The van der Waals surface area contributed by atoms with E-state index in [-0.39, 0.29) is 0 Å². The molecule has 3 aromatic rings. The Balaban J connectivity index is 2.19. The fourth-order valence-electron chi connectivity index (χ4n) is 2.37. The number of nitrogens with zero attached hydrogens (tertiary/aromatic N) is 2. The lowest BCUT2D eigenvalue weighted by Crippen LogP contribution is -1.97. The lowest BCUT2D eigenvalue weighted by atomic mass is 10.1. The number of benzene rings is 2. The van der Waals surface area contributed by atoms with Gasteiger partial charge in [-0.3, -0.25) is 4.98 Å². The van der Waals surface area contributed by atoms with Crippen LogP contribution in [-0.4, -0.2) is 15.4 Å². The summed E-state index contributed by atoms with van der Waals surface area (Å²) in [4.78, 5) is 5.12. The smallest absolute Gasteiger partial charge is 0.0830 e. The van der Waals surface area contributed by atoms with Crippen molar-refractivity contribution in [2.75, 3.05) is 6.26 Å². The molecule has 1 unspecified atom stereocenters. The minimum atomic E-state index is -2.51. The van der Waals surface area contributed by atoms with Crippen molar-refractivity contribution >= 4 is 15.4 Å². The maximum absolute atomic E-state index is 13.1. The van der Waals surface area contributed by atoms with Crippen LogP contribution in [0.4, 0.5) is 5.69 Å². The zero-order chi connectivity index (χ0) is 16.3. The Hall–Kier alpha value is -2.46. The first-order valence-corrected chi connectivity index (χ1v) is 9.28. The molecule has 23 heavy (non-hydrogen) atoms. The third-order valence-corrected chi connectivity index (χ3v) is 5.24. The molecule has 0 aliphatic rings. The van der Waals surface area contributed by atoms with Crippen molar-refractivity contribution in [3.63, 3.8) is 0 Å². The number of rotatable bonds is 3. The molecule has 0 bridgehead atoms. The van der Waals surface area contributed by atoms with Crippen LogP contribution in [0, 0.1) is 6.92 Å². The summed E-state index contributed by atoms with van der Waals surface area (Å²) >= 11 is 0. The highest BCUT2D eigenvalue weighted by molar-refractivity contribution is 7.93. The van der Waals surface area contributed by atoms with Gasteiger partial charge in [0.1, 0.15) is 0 Å². The predicted octanol–water partition coefficient (Wildman–Crippen LogP) is 4.85. The van der Waals surface area contributed by atoms with E-state index in [1.165, 1.54) is 0 Å². The second-order valence-corrected chi connectivity index (χ2v) is 7.70. The number of hydrogen-bond acceptors (Lipinski definition) is 3. The van der Waals surface area contributed by atoms with Gasteiger partial charge in [0.15, 0.2) is 0 Å². The molecule has 3 rings (SSSR count). The summed E-state index contributed by atoms with van der Waals surface area (Å²) in [5.74, 6) is 0. The monoisotopic (exact) mass is 322 g/mol. The Labute approximate surface area is 137 Å². The van der Waals surface area contributed by atoms with Gasteiger partial charge in [-0.05, 0) is 42.8 Å². The van der Waals surface area contributed by atoms with Crippen LogP contribution in [0.3, 0.4) is 0 Å². The van der Waals surface area contributed by atoms with Crippen molar-refractivity contribution in [1.82, 2.24) is 4.98 Å². The Morgan fingerprint density at radius 2 is 1.70 bits per heavy atom. The molecule has 1 atom stereocenters. The Kier molecular flexibility index (Phi) is 4.26. The summed E-state index contributed by atoms with van der Waals surface area (Å²) in [6.45, 7) is 2.00. The van der Waals surface area contributed by atoms with Gasteiger partial charge in [0.25, 0.3) is 0 Å². The van der Waals surface area contributed by atoms with Gasteiger partial charge in [-0.1, -0.05) is 36.4 Å². The quantitative estimate of drug-likeness (QED) is 0.692. The van der Waals surface area contributed by atoms with Crippen LogP contribution in [-0.2, 0) is 9.73 Å². The lowest BCUT2D eigenvalue weighted by Gasteiger charge is -2.09. The van der Waals surface area contributed by atoms with E-state index in [1.54, 1.807) is 12.5 Å². The Morgan fingerprint density at radius 1 is 0.957 bits per heavy atom. The van der Waals surface area contributed by atoms with Gasteiger partial charge in [0.2, 0.25) is 0 Å². The SMILES string of the molecule is Cc1ccc(-c2ccccn2)c(N=S(C)(=O)c2ccccc2)c1. The molecule has 0 saturated carbocycles. The van der Waals surface area contributed by atoms with Crippen LogP contribution in [0.15, 0.2) is 82.2 Å². The average molecular weight is 322 g/mol. The molecular weight excluding hydrogens is 304 g/mol. The first kappa shape index (κ1) is 15.4. The van der Waals surface area contributed by atoms with Crippen LogP contribution < -0.4 is 0 Å². The highest BCUT2D eigenvalue weighted by atomic mass is 32.2. The largest absolute Gasteiger partial charge is 0.256 e. The minimum Gasteiger partial charge on any atom is -0.256 e. The molecule has 0 fully saturated rings. The molecule has 0 aliphatic heterocycles. The molecule has 0 N–H and O–H groups in total. The van der Waals surface area contributed by atoms with Crippen molar-refractivity contribution in [3.8, 4) is 11.3 Å². The van der Waals surface area contributed by atoms with Crippen molar-refractivity contribution in [2.24, 2.45) is 4.36 Å². The molecule has 3 nitrogen and oxygen atoms in total. The summed E-state index contributed by atoms with van der Waals surface area (Å²) < 4.78 is 17.7. The summed E-state index contributed by atoms with van der Waals surface area (Å²) in [6, 6.07) is 21.1. The van der Waals surface area contributed by atoms with Crippen LogP contribution in [0.25, 0.3) is 11.3 Å². The van der Waals surface area contributed by atoms with Crippen LogP contribution in [0.2, 0.25) is 0 Å². The van der Waals surface area contributed by atoms with E-state index in [0.29, 0.717) is 5.69 Å². The topological polar surface area (TPSA) is 42.3 Å². The maximum atomic E-state index is 13.1. The fourth-order valence-corrected chi connectivity index (χ4v) is 3.66. The third kappa shape index (κ3) is 3.48. The van der Waals surface area contributed by atoms with E-state index in [4.69, 9.17) is 0 Å². The van der Waals surface area contributed by atoms with Gasteiger partial charge in [-0.15, -0.1) is 0 Å². The molecule has 1 heterocycles. The van der Waals surface area contributed by atoms with Gasteiger partial charge in [0.05, 0.1) is 21.1 Å². The highest BCUT2D eigenvalue weighted by Crippen LogP contribution is 2.32. The molecule has 0 aliphatic carbocycles. The van der Waals surface area contributed by atoms with Crippen molar-refractivity contribution in [3.05, 3.63) is 78.5 Å². The molecule has 116 valence electrons. The molecule has 0 saturated heterocycles. The van der Waals surface area contributed by atoms with Gasteiger partial charge >= 0.3 is 0 Å². The van der Waals surface area contributed by atoms with Gasteiger partial charge in [-0.2, -0.15) is 4.36 Å². The van der Waals surface area contributed by atoms with Crippen molar-refractivity contribution < 1.29 is 4.21 Å². The zero-order valence-electron chi connectivity index (χ0n) is 13.1. The molecule has 0 spiro atoms. The number of hydrogen-bond donors (Lipinski definition) is 0. The molecule has 1 aromatic heterocycles. The predicted molar refractivity (Wildman–Crippen MR) is 95.3 cm³/mol. The standard InChI is InChI=1S/C19H18N2OS/c1-15-11-12-17(18-10-6-7-13-20-18)19(14-15)21-23(2,22)16-8-4-3-5-9-16/h3-14H,1-2H3. The molecular formula is C19H18N2OS. The number of pyridine rings is 1. The number of aromatic nitrogens is 1. The molecule has 4 heteroatoms. The van der Waals surface area contributed by atoms with E-state index >= 15 is 0 Å². The first-order chi connectivity index (χ1) is 11.1. The normalized spacial score (nSPS) is 13.3. The van der Waals surface area contributed by atoms with E-state index < -0.39 is 9.73 Å². The summed E-state index contributed by atoms with van der Waals surface area (Å²) in [5, 5.41) is 0. The van der Waals surface area contributed by atoms with E-state index in [2.05, 4.69) is 9.35 Å². The Morgan fingerprint density at radius 3 is 2.39 bits per heavy atom. The van der Waals surface area contributed by atoms with E-state index in [9.17, 15) is 4.21 Å². The van der Waals surface area contributed by atoms with Gasteiger partial charge in [-0.25, -0.2) is 4.21 Å². The number of aryl methyl sites for hydroxylation is 1.